The first-order valence-corrected chi connectivity index (χ1v) is 31.8. The molecule has 98 heavy (non-hydrogen) atoms. The average Bonchev–Trinajstić information content (AvgIpc) is 1.55. The average molecular weight is 1350 g/mol. The summed E-state index contributed by atoms with van der Waals surface area (Å²) >= 11 is 0. The van der Waals surface area contributed by atoms with Gasteiger partial charge in [0.15, 0.2) is 17.7 Å². The van der Waals surface area contributed by atoms with Gasteiger partial charge in [-0.1, -0.05) is 127 Å². The number of nitrogens with two attached hydrogens (primary N) is 5. The van der Waals surface area contributed by atoms with Gasteiger partial charge >= 0.3 is 0 Å². The maximum absolute atomic E-state index is 14.8. The van der Waals surface area contributed by atoms with Crippen LogP contribution >= 0.6 is 0 Å². The van der Waals surface area contributed by atoms with Crippen molar-refractivity contribution in [1.82, 2.24) is 52.8 Å². The zero-order valence-corrected chi connectivity index (χ0v) is 53.9. The fourth-order valence-corrected chi connectivity index (χ4v) is 10.9. The van der Waals surface area contributed by atoms with Gasteiger partial charge in [0, 0.05) is 56.4 Å². The minimum Gasteiger partial charge on any atom is -0.508 e. The van der Waals surface area contributed by atoms with E-state index in [2.05, 4.69) is 47.9 Å². The van der Waals surface area contributed by atoms with Gasteiger partial charge in [-0.05, 0) is 79.3 Å². The standard InChI is InChI=1S/C68H85N17O13/c69-55(87)31-30-48(79-63(95)52(36-40-13-4-1-5-14-40)83-62(94)51(78-57(89)38-41-15-6-2-7-16-41)37-42-22-26-45(27-23-42)58(90)44-17-8-3-9-18-44)61(93)84-53(39-56(70)88)64(96)81-49(20-11-33-77-68(74)75)66(98)85-34-12-21-54(85)65(97)80-47(19-10-32-76-67(72)73)60(92)82-50(59(71)91)35-43-24-28-46(86)29-25-43/h1-9,13-18,22-29,47-54,86H,10-12,19-21,30-39H2,(H2,69,87)(H2,70,88)(H2,71,91)(H,78,89)(H,79,95)(H,80,97)(H,81,96)(H,82,92)(H,83,94)(H,84,93)(H4,72,73,76)(H4,74,75,77)/t47-,48-,49-,50-,51-,52-,53-,54-/m0/s1. The number of rotatable bonds is 38. The summed E-state index contributed by atoms with van der Waals surface area (Å²) in [7, 11) is 0. The van der Waals surface area contributed by atoms with E-state index in [0.29, 0.717) is 33.4 Å². The Morgan fingerprint density at radius 1 is 0.459 bits per heavy atom. The topological polar surface area (TPSA) is 514 Å². The lowest BCUT2D eigenvalue weighted by Crippen LogP contribution is -2.61. The van der Waals surface area contributed by atoms with E-state index < -0.39 is 139 Å². The van der Waals surface area contributed by atoms with Crippen LogP contribution in [-0.2, 0) is 78.4 Å². The molecule has 1 heterocycles. The second kappa shape index (κ2) is 38.0. The van der Waals surface area contributed by atoms with Crippen LogP contribution in [0.5, 0.6) is 5.75 Å². The van der Waals surface area contributed by atoms with Crippen LogP contribution in [0.3, 0.4) is 0 Å². The molecule has 11 amide bonds. The third kappa shape index (κ3) is 24.9. The second-order valence-electron chi connectivity index (χ2n) is 23.5. The zero-order valence-electron chi connectivity index (χ0n) is 53.9. The number of carbonyl (C=O) groups is 12. The van der Waals surface area contributed by atoms with E-state index >= 15 is 0 Å². The molecule has 5 aromatic rings. The third-order valence-corrected chi connectivity index (χ3v) is 15.9. The molecule has 1 aliphatic heterocycles. The van der Waals surface area contributed by atoms with Crippen LogP contribution in [0.25, 0.3) is 0 Å². The third-order valence-electron chi connectivity index (χ3n) is 15.9. The molecule has 22 N–H and O–H groups in total. The fourth-order valence-electron chi connectivity index (χ4n) is 10.9. The van der Waals surface area contributed by atoms with Gasteiger partial charge in [0.1, 0.15) is 54.1 Å². The summed E-state index contributed by atoms with van der Waals surface area (Å²) in [5.74, 6) is -11.0. The SMILES string of the molecule is N=C(N)NCCC[C@H](NC(=O)[C@@H]1CCCN1C(=O)[C@H](CCCNC(=N)N)NC(=O)[C@H](CC(N)=O)NC(=O)[C@H](CCC(N)=O)NC(=O)[C@H](Cc1ccccc1)NC(=O)[C@H](Cc1ccc(C(=O)c2ccccc2)cc1)NC(=O)Cc1ccccc1)C(=O)N[C@@H](Cc1ccc(O)cc1)C(N)=O. The summed E-state index contributed by atoms with van der Waals surface area (Å²) in [4.78, 5) is 168. The number of hydrogen-bond donors (Lipinski definition) is 17. The van der Waals surface area contributed by atoms with Gasteiger partial charge in [-0.3, -0.25) is 68.4 Å². The Labute approximate surface area is 565 Å². The summed E-state index contributed by atoms with van der Waals surface area (Å²) in [5.41, 5.74) is 30.9. The molecular formula is C68H85N17O13. The first-order valence-electron chi connectivity index (χ1n) is 31.8. The number of primary amides is 3. The molecule has 5 aromatic carbocycles. The zero-order chi connectivity index (χ0) is 71.3. The lowest BCUT2D eigenvalue weighted by atomic mass is 9.98. The van der Waals surface area contributed by atoms with Crippen LogP contribution in [0, 0.1) is 10.8 Å². The van der Waals surface area contributed by atoms with Crippen LogP contribution in [0.4, 0.5) is 0 Å². The van der Waals surface area contributed by atoms with Crippen molar-refractivity contribution in [3.8, 4) is 5.75 Å². The highest BCUT2D eigenvalue weighted by molar-refractivity contribution is 6.09. The maximum atomic E-state index is 14.8. The van der Waals surface area contributed by atoms with Crippen molar-refractivity contribution in [3.05, 3.63) is 173 Å². The van der Waals surface area contributed by atoms with Gasteiger partial charge in [-0.15, -0.1) is 0 Å². The quantitative estimate of drug-likeness (QED) is 0.00919. The van der Waals surface area contributed by atoms with Crippen LogP contribution in [-0.4, -0.2) is 161 Å². The van der Waals surface area contributed by atoms with Crippen molar-refractivity contribution < 1.29 is 62.6 Å². The number of nitrogens with one attached hydrogen (secondary N) is 11. The van der Waals surface area contributed by atoms with Crippen LogP contribution in [0.15, 0.2) is 140 Å². The Balaban J connectivity index is 1.22. The van der Waals surface area contributed by atoms with Crippen molar-refractivity contribution in [2.75, 3.05) is 19.6 Å². The number of aromatic hydroxyl groups is 1. The number of benzene rings is 5. The van der Waals surface area contributed by atoms with Crippen molar-refractivity contribution in [2.24, 2.45) is 28.7 Å². The summed E-state index contributed by atoms with van der Waals surface area (Å²) < 4.78 is 0. The predicted molar refractivity (Wildman–Crippen MR) is 360 cm³/mol. The Hall–Kier alpha value is -11.7. The molecule has 0 unspecified atom stereocenters. The molecule has 8 atom stereocenters. The molecule has 0 saturated carbocycles. The van der Waals surface area contributed by atoms with E-state index in [9.17, 15) is 62.6 Å². The van der Waals surface area contributed by atoms with Crippen LogP contribution in [0.1, 0.15) is 96.0 Å². The van der Waals surface area contributed by atoms with Gasteiger partial charge in [0.25, 0.3) is 0 Å². The smallest absolute Gasteiger partial charge is 0.245 e. The number of phenols is 1. The number of amides is 11. The summed E-state index contributed by atoms with van der Waals surface area (Å²) in [6.45, 7) is 0.0812. The van der Waals surface area contributed by atoms with E-state index in [1.165, 1.54) is 29.2 Å². The highest BCUT2D eigenvalue weighted by Gasteiger charge is 2.41. The molecule has 0 bridgehead atoms. The summed E-state index contributed by atoms with van der Waals surface area (Å²) in [6, 6.07) is 26.2. The van der Waals surface area contributed by atoms with Crippen molar-refractivity contribution in [2.45, 2.75) is 132 Å². The number of ketones is 1. The molecule has 6 rings (SSSR count). The fraction of sp³-hybridized carbons (Fsp3) is 0.353. The van der Waals surface area contributed by atoms with E-state index in [-0.39, 0.29) is 101 Å². The molecular weight excluding hydrogens is 1260 g/mol. The number of likely N-dealkylation sites (tertiary alicyclic amines) is 1. The van der Waals surface area contributed by atoms with E-state index in [4.69, 9.17) is 39.5 Å². The molecule has 520 valence electrons. The summed E-state index contributed by atoms with van der Waals surface area (Å²) in [5, 5.41) is 48.5. The number of carbonyl (C=O) groups excluding carboxylic acids is 12. The molecule has 1 saturated heterocycles. The minimum absolute atomic E-state index is 0.0116. The van der Waals surface area contributed by atoms with Gasteiger partial charge in [-0.2, -0.15) is 0 Å². The van der Waals surface area contributed by atoms with Gasteiger partial charge in [-0.25, -0.2) is 0 Å². The van der Waals surface area contributed by atoms with Crippen molar-refractivity contribution >= 4 is 82.7 Å². The van der Waals surface area contributed by atoms with Crippen LogP contribution < -0.4 is 76.5 Å². The Kier molecular flexibility index (Phi) is 29.2. The van der Waals surface area contributed by atoms with Gasteiger partial charge in [0.05, 0.1) is 12.8 Å². The molecule has 0 aliphatic carbocycles. The van der Waals surface area contributed by atoms with E-state index in [1.807, 2.05) is 0 Å². The molecule has 0 radical (unpaired) electrons. The highest BCUT2D eigenvalue weighted by atomic mass is 16.3. The van der Waals surface area contributed by atoms with Gasteiger partial charge in [0.2, 0.25) is 65.0 Å². The first-order chi connectivity index (χ1) is 46.8. The van der Waals surface area contributed by atoms with Crippen molar-refractivity contribution in [3.63, 3.8) is 0 Å². The maximum Gasteiger partial charge on any atom is 0.245 e. The van der Waals surface area contributed by atoms with E-state index in [1.54, 1.807) is 115 Å². The Bertz CT molecular complexity index is 3620. The number of hydrogen-bond acceptors (Lipinski definition) is 15. The molecule has 30 heteroatoms. The molecule has 0 spiro atoms. The molecule has 1 aliphatic rings. The Morgan fingerprint density at radius 3 is 1.43 bits per heavy atom. The van der Waals surface area contributed by atoms with Gasteiger partial charge < -0.3 is 86.5 Å². The lowest BCUT2D eigenvalue weighted by molar-refractivity contribution is -0.143. The highest BCUT2D eigenvalue weighted by Crippen LogP contribution is 2.22. The summed E-state index contributed by atoms with van der Waals surface area (Å²) in [6.07, 6.45) is -2.10. The minimum atomic E-state index is -1.88. The predicted octanol–water partition coefficient (Wildman–Crippen LogP) is -1.57. The molecule has 1 fully saturated rings. The normalized spacial score (nSPS) is 14.5. The molecule has 30 nitrogen and oxygen atoms in total. The number of phenolic OH excluding ortho intramolecular Hbond substituents is 1. The lowest BCUT2D eigenvalue weighted by Gasteiger charge is -2.31. The number of nitrogens with zero attached hydrogens (tertiary/aromatic N) is 1. The number of guanidine groups is 2. The largest absolute Gasteiger partial charge is 0.508 e. The monoisotopic (exact) mass is 1350 g/mol. The second-order valence-corrected chi connectivity index (χ2v) is 23.5. The Morgan fingerprint density at radius 2 is 0.888 bits per heavy atom. The van der Waals surface area contributed by atoms with Crippen LogP contribution in [0.2, 0.25) is 0 Å². The first kappa shape index (κ1) is 75.3. The molecule has 0 aromatic heterocycles. The van der Waals surface area contributed by atoms with Crippen molar-refractivity contribution in [1.29, 1.82) is 10.8 Å². The van der Waals surface area contributed by atoms with E-state index in [0.717, 1.165) is 0 Å².